The third-order valence-electron chi connectivity index (χ3n) is 3.18. The van der Waals surface area contributed by atoms with Crippen LogP contribution in [0.1, 0.15) is 19.8 Å². The van der Waals surface area contributed by atoms with Crippen molar-refractivity contribution >= 4 is 5.91 Å². The molecule has 3 rings (SSSR count). The first-order chi connectivity index (χ1) is 9.72. The molecule has 1 heterocycles. The van der Waals surface area contributed by atoms with Gasteiger partial charge in [0, 0.05) is 18.3 Å². The Balaban J connectivity index is 1.63. The summed E-state index contributed by atoms with van der Waals surface area (Å²) in [5.41, 5.74) is 0.956. The summed E-state index contributed by atoms with van der Waals surface area (Å²) in [6.45, 7) is 1.74. The maximum atomic E-state index is 11.8. The Kier molecular flexibility index (Phi) is 3.41. The van der Waals surface area contributed by atoms with Gasteiger partial charge in [-0.05, 0) is 31.9 Å². The molecule has 1 fully saturated rings. The molecule has 1 aliphatic carbocycles. The van der Waals surface area contributed by atoms with E-state index >= 15 is 0 Å². The summed E-state index contributed by atoms with van der Waals surface area (Å²) in [5, 5.41) is 7.23. The Morgan fingerprint density at radius 2 is 2.10 bits per heavy atom. The predicted octanol–water partition coefficient (Wildman–Crippen LogP) is 1.92. The van der Waals surface area contributed by atoms with Crippen molar-refractivity contribution in [3.63, 3.8) is 0 Å². The SMILES string of the molecule is C[C@H](Oc1ccn(-c2ccccc2)n1)C(=O)NC1CC1. The number of carbonyl (C=O) groups excluding carboxylic acids is 1. The lowest BCUT2D eigenvalue weighted by Gasteiger charge is -2.12. The lowest BCUT2D eigenvalue weighted by atomic mass is 10.3. The van der Waals surface area contributed by atoms with Crippen molar-refractivity contribution in [2.45, 2.75) is 31.9 Å². The molecule has 5 nitrogen and oxygen atoms in total. The van der Waals surface area contributed by atoms with Gasteiger partial charge < -0.3 is 10.1 Å². The van der Waals surface area contributed by atoms with Crippen LogP contribution in [-0.4, -0.2) is 27.8 Å². The molecule has 1 N–H and O–H groups in total. The van der Waals surface area contributed by atoms with E-state index < -0.39 is 6.10 Å². The molecule has 20 heavy (non-hydrogen) atoms. The molecule has 0 aliphatic heterocycles. The van der Waals surface area contributed by atoms with Crippen LogP contribution in [0.15, 0.2) is 42.6 Å². The lowest BCUT2D eigenvalue weighted by Crippen LogP contribution is -2.37. The summed E-state index contributed by atoms with van der Waals surface area (Å²) in [6.07, 6.45) is 3.42. The van der Waals surface area contributed by atoms with E-state index in [1.807, 2.05) is 36.5 Å². The van der Waals surface area contributed by atoms with Crippen molar-refractivity contribution in [1.82, 2.24) is 15.1 Å². The van der Waals surface area contributed by atoms with E-state index in [9.17, 15) is 4.79 Å². The van der Waals surface area contributed by atoms with E-state index in [1.54, 1.807) is 17.7 Å². The first-order valence-corrected chi connectivity index (χ1v) is 6.80. The Morgan fingerprint density at radius 1 is 1.35 bits per heavy atom. The van der Waals surface area contributed by atoms with Gasteiger partial charge in [-0.25, -0.2) is 4.68 Å². The summed E-state index contributed by atoms with van der Waals surface area (Å²) in [7, 11) is 0. The average molecular weight is 271 g/mol. The van der Waals surface area contributed by atoms with E-state index in [0.717, 1.165) is 18.5 Å². The van der Waals surface area contributed by atoms with Gasteiger partial charge in [-0.1, -0.05) is 18.2 Å². The van der Waals surface area contributed by atoms with Gasteiger partial charge >= 0.3 is 0 Å². The molecule has 1 aromatic carbocycles. The number of hydrogen-bond acceptors (Lipinski definition) is 3. The van der Waals surface area contributed by atoms with Gasteiger partial charge in [-0.3, -0.25) is 4.79 Å². The smallest absolute Gasteiger partial charge is 0.261 e. The zero-order valence-electron chi connectivity index (χ0n) is 11.3. The van der Waals surface area contributed by atoms with Crippen LogP contribution >= 0.6 is 0 Å². The number of nitrogens with zero attached hydrogens (tertiary/aromatic N) is 2. The number of amides is 1. The molecule has 0 bridgehead atoms. The molecule has 0 saturated heterocycles. The molecular weight excluding hydrogens is 254 g/mol. The molecule has 104 valence electrons. The van der Waals surface area contributed by atoms with Crippen molar-refractivity contribution in [3.8, 4) is 11.6 Å². The van der Waals surface area contributed by atoms with Crippen LogP contribution in [0.5, 0.6) is 5.88 Å². The number of nitrogens with one attached hydrogen (secondary N) is 1. The highest BCUT2D eigenvalue weighted by atomic mass is 16.5. The highest BCUT2D eigenvalue weighted by molar-refractivity contribution is 5.81. The van der Waals surface area contributed by atoms with Crippen molar-refractivity contribution < 1.29 is 9.53 Å². The second-order valence-corrected chi connectivity index (χ2v) is 4.98. The van der Waals surface area contributed by atoms with Crippen LogP contribution < -0.4 is 10.1 Å². The maximum absolute atomic E-state index is 11.8. The highest BCUT2D eigenvalue weighted by Crippen LogP contribution is 2.19. The summed E-state index contributed by atoms with van der Waals surface area (Å²) >= 11 is 0. The van der Waals surface area contributed by atoms with Crippen LogP contribution in [0, 0.1) is 0 Å². The largest absolute Gasteiger partial charge is 0.463 e. The molecule has 2 aromatic rings. The topological polar surface area (TPSA) is 56.2 Å². The summed E-state index contributed by atoms with van der Waals surface area (Å²) in [6, 6.07) is 11.9. The molecule has 1 atom stereocenters. The van der Waals surface area contributed by atoms with Crippen LogP contribution in [0.4, 0.5) is 0 Å². The number of para-hydroxylation sites is 1. The number of ether oxygens (including phenoxy) is 1. The number of rotatable bonds is 5. The third kappa shape index (κ3) is 2.99. The van der Waals surface area contributed by atoms with Crippen LogP contribution in [0.2, 0.25) is 0 Å². The quantitative estimate of drug-likeness (QED) is 0.904. The average Bonchev–Trinajstić information content (AvgIpc) is 3.16. The Hall–Kier alpha value is -2.30. The minimum atomic E-state index is -0.533. The number of benzene rings is 1. The first kappa shape index (κ1) is 12.7. The van der Waals surface area contributed by atoms with Crippen LogP contribution in [-0.2, 0) is 4.79 Å². The Bertz CT molecular complexity index is 590. The minimum absolute atomic E-state index is 0.0817. The molecule has 1 aliphatic rings. The summed E-state index contributed by atoms with van der Waals surface area (Å²) in [4.78, 5) is 11.8. The Labute approximate surface area is 117 Å². The van der Waals surface area contributed by atoms with Gasteiger partial charge in [-0.15, -0.1) is 5.10 Å². The van der Waals surface area contributed by atoms with Gasteiger partial charge in [0.05, 0.1) is 5.69 Å². The van der Waals surface area contributed by atoms with Crippen molar-refractivity contribution in [3.05, 3.63) is 42.6 Å². The fourth-order valence-corrected chi connectivity index (χ4v) is 1.88. The fraction of sp³-hybridized carbons (Fsp3) is 0.333. The van der Waals surface area contributed by atoms with E-state index in [1.165, 1.54) is 0 Å². The van der Waals surface area contributed by atoms with Gasteiger partial charge in [0.25, 0.3) is 5.91 Å². The fourth-order valence-electron chi connectivity index (χ4n) is 1.88. The van der Waals surface area contributed by atoms with E-state index in [-0.39, 0.29) is 5.91 Å². The van der Waals surface area contributed by atoms with Crippen LogP contribution in [0.25, 0.3) is 5.69 Å². The molecule has 1 saturated carbocycles. The second-order valence-electron chi connectivity index (χ2n) is 4.98. The number of hydrogen-bond donors (Lipinski definition) is 1. The summed E-state index contributed by atoms with van der Waals surface area (Å²) in [5.74, 6) is 0.370. The van der Waals surface area contributed by atoms with Gasteiger partial charge in [0.2, 0.25) is 5.88 Å². The van der Waals surface area contributed by atoms with E-state index in [0.29, 0.717) is 11.9 Å². The molecule has 0 unspecified atom stereocenters. The molecule has 1 aromatic heterocycles. The highest BCUT2D eigenvalue weighted by Gasteiger charge is 2.26. The number of carbonyl (C=O) groups is 1. The normalized spacial score (nSPS) is 15.7. The molecule has 1 amide bonds. The third-order valence-corrected chi connectivity index (χ3v) is 3.18. The van der Waals surface area contributed by atoms with Gasteiger partial charge in [0.1, 0.15) is 0 Å². The zero-order chi connectivity index (χ0) is 13.9. The molecule has 0 radical (unpaired) electrons. The van der Waals surface area contributed by atoms with Crippen molar-refractivity contribution in [2.24, 2.45) is 0 Å². The minimum Gasteiger partial charge on any atom is -0.463 e. The molecule has 0 spiro atoms. The lowest BCUT2D eigenvalue weighted by molar-refractivity contribution is -0.127. The Morgan fingerprint density at radius 3 is 2.80 bits per heavy atom. The summed E-state index contributed by atoms with van der Waals surface area (Å²) < 4.78 is 7.29. The molecule has 5 heteroatoms. The van der Waals surface area contributed by atoms with Gasteiger partial charge in [-0.2, -0.15) is 0 Å². The van der Waals surface area contributed by atoms with Crippen molar-refractivity contribution in [1.29, 1.82) is 0 Å². The second kappa shape index (κ2) is 5.36. The monoisotopic (exact) mass is 271 g/mol. The predicted molar refractivity (Wildman–Crippen MR) is 74.8 cm³/mol. The maximum Gasteiger partial charge on any atom is 0.261 e. The molecular formula is C15H17N3O2. The van der Waals surface area contributed by atoms with E-state index in [4.69, 9.17) is 4.74 Å². The first-order valence-electron chi connectivity index (χ1n) is 6.80. The van der Waals surface area contributed by atoms with Crippen LogP contribution in [0.3, 0.4) is 0 Å². The van der Waals surface area contributed by atoms with Gasteiger partial charge in [0.15, 0.2) is 6.10 Å². The number of aromatic nitrogens is 2. The van der Waals surface area contributed by atoms with Crippen molar-refractivity contribution in [2.75, 3.05) is 0 Å². The zero-order valence-corrected chi connectivity index (χ0v) is 11.3. The van der Waals surface area contributed by atoms with E-state index in [2.05, 4.69) is 10.4 Å². The standard InChI is InChI=1S/C15H17N3O2/c1-11(15(19)16-12-7-8-12)20-14-9-10-18(17-14)13-5-3-2-4-6-13/h2-6,9-12H,7-8H2,1H3,(H,16,19)/t11-/m0/s1.